The van der Waals surface area contributed by atoms with Crippen LogP contribution in [0.5, 0.6) is 5.75 Å². The van der Waals surface area contributed by atoms with E-state index < -0.39 is 5.97 Å². The van der Waals surface area contributed by atoms with E-state index in [0.717, 1.165) is 5.56 Å². The summed E-state index contributed by atoms with van der Waals surface area (Å²) in [4.78, 5) is 22.7. The summed E-state index contributed by atoms with van der Waals surface area (Å²) in [6.45, 7) is 0. The minimum atomic E-state index is -1.04. The van der Waals surface area contributed by atoms with Crippen LogP contribution in [0.3, 0.4) is 0 Å². The van der Waals surface area contributed by atoms with E-state index in [1.807, 2.05) is 0 Å². The van der Waals surface area contributed by atoms with Gasteiger partial charge in [-0.05, 0) is 35.9 Å². The molecule has 2 rings (SSSR count). The number of benzene rings is 2. The maximum atomic E-state index is 11.8. The number of rotatable bonds is 4. The molecule has 0 heterocycles. The lowest BCUT2D eigenvalue weighted by Gasteiger charge is -2.06. The van der Waals surface area contributed by atoms with Gasteiger partial charge >= 0.3 is 5.97 Å². The smallest absolute Gasteiger partial charge is 0.335 e. The van der Waals surface area contributed by atoms with E-state index in [-0.39, 0.29) is 23.6 Å². The van der Waals surface area contributed by atoms with Crippen LogP contribution in [0, 0.1) is 0 Å². The third kappa shape index (κ3) is 3.58. The molecule has 102 valence electrons. The number of anilines is 1. The number of amides is 1. The highest BCUT2D eigenvalue weighted by molar-refractivity contribution is 5.94. The van der Waals surface area contributed by atoms with Crippen molar-refractivity contribution in [3.8, 4) is 5.75 Å². The predicted molar refractivity (Wildman–Crippen MR) is 73.8 cm³/mol. The molecule has 0 unspecified atom stereocenters. The summed E-state index contributed by atoms with van der Waals surface area (Å²) < 4.78 is 0. The van der Waals surface area contributed by atoms with Crippen LogP contribution < -0.4 is 5.32 Å². The van der Waals surface area contributed by atoms with Crippen molar-refractivity contribution in [2.45, 2.75) is 6.42 Å². The quantitative estimate of drug-likeness (QED) is 0.796. The van der Waals surface area contributed by atoms with Crippen molar-refractivity contribution in [2.24, 2.45) is 0 Å². The van der Waals surface area contributed by atoms with E-state index >= 15 is 0 Å². The minimum Gasteiger partial charge on any atom is -0.508 e. The Kier molecular flexibility index (Phi) is 4.00. The van der Waals surface area contributed by atoms with Crippen LogP contribution in [0.25, 0.3) is 0 Å². The van der Waals surface area contributed by atoms with E-state index in [4.69, 9.17) is 10.2 Å². The number of nitrogens with one attached hydrogen (secondary N) is 1. The molecule has 1 amide bonds. The number of carboxylic acid groups (broad SMARTS) is 1. The molecular weight excluding hydrogens is 258 g/mol. The summed E-state index contributed by atoms with van der Waals surface area (Å²) in [7, 11) is 0. The first kappa shape index (κ1) is 13.6. The lowest BCUT2D eigenvalue weighted by Crippen LogP contribution is -2.14. The molecule has 0 aromatic heterocycles. The number of carbonyl (C=O) groups is 2. The van der Waals surface area contributed by atoms with Crippen molar-refractivity contribution in [3.05, 3.63) is 59.7 Å². The summed E-state index contributed by atoms with van der Waals surface area (Å²) in [6.07, 6.45) is 0.150. The van der Waals surface area contributed by atoms with Gasteiger partial charge in [0.15, 0.2) is 0 Å². The second-order valence-electron chi connectivity index (χ2n) is 4.28. The van der Waals surface area contributed by atoms with Gasteiger partial charge in [-0.3, -0.25) is 4.79 Å². The molecule has 5 heteroatoms. The van der Waals surface area contributed by atoms with Gasteiger partial charge < -0.3 is 15.5 Å². The lowest BCUT2D eigenvalue weighted by atomic mass is 10.1. The van der Waals surface area contributed by atoms with Gasteiger partial charge in [-0.15, -0.1) is 0 Å². The summed E-state index contributed by atoms with van der Waals surface area (Å²) in [6, 6.07) is 12.4. The largest absolute Gasteiger partial charge is 0.508 e. The predicted octanol–water partition coefficient (Wildman–Crippen LogP) is 2.27. The number of carbonyl (C=O) groups excluding carboxylic acids is 1. The van der Waals surface area contributed by atoms with Gasteiger partial charge in [0.1, 0.15) is 5.75 Å². The molecule has 3 N–H and O–H groups in total. The zero-order valence-corrected chi connectivity index (χ0v) is 10.5. The fourth-order valence-corrected chi connectivity index (χ4v) is 1.73. The molecule has 0 saturated carbocycles. The Labute approximate surface area is 115 Å². The molecule has 20 heavy (non-hydrogen) atoms. The van der Waals surface area contributed by atoms with E-state index in [9.17, 15) is 9.59 Å². The highest BCUT2D eigenvalue weighted by Gasteiger charge is 2.07. The zero-order valence-electron chi connectivity index (χ0n) is 10.5. The molecule has 0 atom stereocenters. The van der Waals surface area contributed by atoms with E-state index in [2.05, 4.69) is 5.32 Å². The SMILES string of the molecule is O=C(Cc1ccc(O)cc1)Nc1cccc(C(=O)O)c1. The average molecular weight is 271 g/mol. The van der Waals surface area contributed by atoms with Crippen LogP contribution >= 0.6 is 0 Å². The van der Waals surface area contributed by atoms with Crippen molar-refractivity contribution in [1.29, 1.82) is 0 Å². The third-order valence-electron chi connectivity index (χ3n) is 2.69. The Morgan fingerprint density at radius 3 is 2.40 bits per heavy atom. The zero-order chi connectivity index (χ0) is 14.5. The molecule has 0 bridgehead atoms. The summed E-state index contributed by atoms with van der Waals surface area (Å²) in [5, 5.41) is 20.7. The standard InChI is InChI=1S/C15H13NO4/c17-13-6-4-10(5-7-13)8-14(18)16-12-3-1-2-11(9-12)15(19)20/h1-7,9,17H,8H2,(H,16,18)(H,19,20). The van der Waals surface area contributed by atoms with Crippen molar-refractivity contribution in [3.63, 3.8) is 0 Å². The number of aromatic hydroxyl groups is 1. The number of hydrogen-bond donors (Lipinski definition) is 3. The van der Waals surface area contributed by atoms with Crippen LogP contribution in [0.15, 0.2) is 48.5 Å². The Morgan fingerprint density at radius 2 is 1.75 bits per heavy atom. The maximum Gasteiger partial charge on any atom is 0.335 e. The van der Waals surface area contributed by atoms with Crippen LogP contribution in [0.2, 0.25) is 0 Å². The summed E-state index contributed by atoms with van der Waals surface area (Å²) in [5.74, 6) is -1.15. The molecule has 0 spiro atoms. The molecular formula is C15H13NO4. The van der Waals surface area contributed by atoms with Gasteiger partial charge in [-0.1, -0.05) is 18.2 Å². The van der Waals surface area contributed by atoms with Crippen LogP contribution in [0.1, 0.15) is 15.9 Å². The molecule has 0 aliphatic carbocycles. The maximum absolute atomic E-state index is 11.8. The van der Waals surface area contributed by atoms with Crippen molar-refractivity contribution >= 4 is 17.6 Å². The van der Waals surface area contributed by atoms with Crippen molar-refractivity contribution in [2.75, 3.05) is 5.32 Å². The topological polar surface area (TPSA) is 86.6 Å². The Bertz CT molecular complexity index is 635. The molecule has 2 aromatic rings. The number of hydrogen-bond acceptors (Lipinski definition) is 3. The van der Waals surface area contributed by atoms with E-state index in [1.54, 1.807) is 24.3 Å². The highest BCUT2D eigenvalue weighted by Crippen LogP contribution is 2.13. The summed E-state index contributed by atoms with van der Waals surface area (Å²) >= 11 is 0. The minimum absolute atomic E-state index is 0.118. The van der Waals surface area contributed by atoms with E-state index in [0.29, 0.717) is 5.69 Å². The Balaban J connectivity index is 2.02. The Morgan fingerprint density at radius 1 is 1.05 bits per heavy atom. The normalized spacial score (nSPS) is 10.0. The molecule has 2 aromatic carbocycles. The van der Waals surface area contributed by atoms with Gasteiger partial charge in [-0.25, -0.2) is 4.79 Å². The van der Waals surface area contributed by atoms with Gasteiger partial charge in [0.05, 0.1) is 12.0 Å². The molecule has 0 aliphatic rings. The number of phenolic OH excluding ortho intramolecular Hbond substituents is 1. The first-order chi connectivity index (χ1) is 9.54. The second-order valence-corrected chi connectivity index (χ2v) is 4.28. The van der Waals surface area contributed by atoms with Gasteiger partial charge in [-0.2, -0.15) is 0 Å². The number of aromatic carboxylic acids is 1. The van der Waals surface area contributed by atoms with Crippen molar-refractivity contribution in [1.82, 2.24) is 0 Å². The van der Waals surface area contributed by atoms with Gasteiger partial charge in [0.25, 0.3) is 0 Å². The van der Waals surface area contributed by atoms with Gasteiger partial charge in [0.2, 0.25) is 5.91 Å². The Hall–Kier alpha value is -2.82. The monoisotopic (exact) mass is 271 g/mol. The first-order valence-corrected chi connectivity index (χ1v) is 5.96. The third-order valence-corrected chi connectivity index (χ3v) is 2.69. The molecule has 0 saturated heterocycles. The highest BCUT2D eigenvalue weighted by atomic mass is 16.4. The molecule has 0 fully saturated rings. The number of carboxylic acids is 1. The van der Waals surface area contributed by atoms with Crippen LogP contribution in [-0.4, -0.2) is 22.1 Å². The summed E-state index contributed by atoms with van der Waals surface area (Å²) in [5.41, 5.74) is 1.32. The first-order valence-electron chi connectivity index (χ1n) is 5.96. The lowest BCUT2D eigenvalue weighted by molar-refractivity contribution is -0.115. The average Bonchev–Trinajstić information content (AvgIpc) is 2.41. The van der Waals surface area contributed by atoms with Gasteiger partial charge in [0, 0.05) is 5.69 Å². The molecule has 0 aliphatic heterocycles. The van der Waals surface area contributed by atoms with Crippen LogP contribution in [-0.2, 0) is 11.2 Å². The van der Waals surface area contributed by atoms with E-state index in [1.165, 1.54) is 24.3 Å². The molecule has 0 radical (unpaired) electrons. The fraction of sp³-hybridized carbons (Fsp3) is 0.0667. The molecule has 5 nitrogen and oxygen atoms in total. The number of phenols is 1. The fourth-order valence-electron chi connectivity index (χ4n) is 1.73. The van der Waals surface area contributed by atoms with Crippen molar-refractivity contribution < 1.29 is 19.8 Å². The second kappa shape index (κ2) is 5.88. The van der Waals surface area contributed by atoms with Crippen LogP contribution in [0.4, 0.5) is 5.69 Å².